The minimum atomic E-state index is 0.690. The Bertz CT molecular complexity index is 839. The first-order chi connectivity index (χ1) is 12.8. The molecule has 0 radical (unpaired) electrons. The number of methoxy groups -OCH3 is 1. The molecule has 5 heteroatoms. The molecule has 0 N–H and O–H groups in total. The summed E-state index contributed by atoms with van der Waals surface area (Å²) < 4.78 is 11.0. The average Bonchev–Trinajstić information content (AvgIpc) is 3.18. The van der Waals surface area contributed by atoms with Crippen LogP contribution in [0.3, 0.4) is 0 Å². The summed E-state index contributed by atoms with van der Waals surface area (Å²) in [5, 5.41) is 0. The fraction of sp³-hybridized carbons (Fsp3) is 0.286. The van der Waals surface area contributed by atoms with Gasteiger partial charge in [-0.2, -0.15) is 0 Å². The molecule has 0 spiro atoms. The SMILES string of the molecule is COc1cccc(N2CCN(Cc3coc(-c4ccccc4)n3)CC2)c1. The second-order valence-corrected chi connectivity index (χ2v) is 6.47. The maximum absolute atomic E-state index is 5.65. The third-order valence-corrected chi connectivity index (χ3v) is 4.75. The molecule has 134 valence electrons. The fourth-order valence-corrected chi connectivity index (χ4v) is 3.29. The van der Waals surface area contributed by atoms with E-state index in [0.717, 1.165) is 49.7 Å². The van der Waals surface area contributed by atoms with E-state index < -0.39 is 0 Å². The molecule has 0 aliphatic carbocycles. The van der Waals surface area contributed by atoms with E-state index in [4.69, 9.17) is 9.15 Å². The van der Waals surface area contributed by atoms with Gasteiger partial charge in [-0.25, -0.2) is 4.98 Å². The minimum absolute atomic E-state index is 0.690. The summed E-state index contributed by atoms with van der Waals surface area (Å²) in [6, 6.07) is 18.3. The molecule has 4 rings (SSSR count). The van der Waals surface area contributed by atoms with Crippen LogP contribution in [0.25, 0.3) is 11.5 Å². The van der Waals surface area contributed by atoms with Crippen molar-refractivity contribution in [2.75, 3.05) is 38.2 Å². The first kappa shape index (κ1) is 16.7. The van der Waals surface area contributed by atoms with E-state index >= 15 is 0 Å². The molecule has 0 saturated carbocycles. The predicted octanol–water partition coefficient (Wildman–Crippen LogP) is 3.67. The highest BCUT2D eigenvalue weighted by atomic mass is 16.5. The lowest BCUT2D eigenvalue weighted by molar-refractivity contribution is 0.247. The number of anilines is 1. The van der Waals surface area contributed by atoms with Crippen molar-refractivity contribution in [3.63, 3.8) is 0 Å². The van der Waals surface area contributed by atoms with Gasteiger partial charge in [0.2, 0.25) is 5.89 Å². The Morgan fingerprint density at radius 1 is 1.00 bits per heavy atom. The first-order valence-corrected chi connectivity index (χ1v) is 8.93. The van der Waals surface area contributed by atoms with Gasteiger partial charge in [0.05, 0.1) is 12.8 Å². The highest BCUT2D eigenvalue weighted by Crippen LogP contribution is 2.23. The number of hydrogen-bond acceptors (Lipinski definition) is 5. The van der Waals surface area contributed by atoms with E-state index in [9.17, 15) is 0 Å². The second kappa shape index (κ2) is 7.62. The number of piperazine rings is 1. The van der Waals surface area contributed by atoms with Crippen molar-refractivity contribution < 1.29 is 9.15 Å². The molecule has 1 aliphatic rings. The van der Waals surface area contributed by atoms with Crippen LogP contribution in [-0.4, -0.2) is 43.2 Å². The number of hydrogen-bond donors (Lipinski definition) is 0. The van der Waals surface area contributed by atoms with Crippen LogP contribution >= 0.6 is 0 Å². The third-order valence-electron chi connectivity index (χ3n) is 4.75. The molecule has 1 aliphatic heterocycles. The number of benzene rings is 2. The van der Waals surface area contributed by atoms with Gasteiger partial charge in [-0.05, 0) is 24.3 Å². The largest absolute Gasteiger partial charge is 0.497 e. The van der Waals surface area contributed by atoms with Crippen LogP contribution in [0, 0.1) is 0 Å². The number of oxazole rings is 1. The molecule has 2 aromatic carbocycles. The fourth-order valence-electron chi connectivity index (χ4n) is 3.29. The summed E-state index contributed by atoms with van der Waals surface area (Å²) >= 11 is 0. The van der Waals surface area contributed by atoms with Gasteiger partial charge in [-0.15, -0.1) is 0 Å². The zero-order valence-electron chi connectivity index (χ0n) is 15.0. The zero-order chi connectivity index (χ0) is 17.8. The normalized spacial score (nSPS) is 15.2. The lowest BCUT2D eigenvalue weighted by atomic mass is 10.2. The van der Waals surface area contributed by atoms with Crippen molar-refractivity contribution in [2.45, 2.75) is 6.54 Å². The van der Waals surface area contributed by atoms with Gasteiger partial charge in [-0.1, -0.05) is 24.3 Å². The number of aromatic nitrogens is 1. The molecule has 0 atom stereocenters. The summed E-state index contributed by atoms with van der Waals surface area (Å²) in [7, 11) is 1.71. The van der Waals surface area contributed by atoms with Gasteiger partial charge in [0.15, 0.2) is 0 Å². The summed E-state index contributed by atoms with van der Waals surface area (Å²) in [5.74, 6) is 1.59. The van der Waals surface area contributed by atoms with E-state index in [1.807, 2.05) is 42.5 Å². The van der Waals surface area contributed by atoms with Crippen molar-refractivity contribution in [2.24, 2.45) is 0 Å². The lowest BCUT2D eigenvalue weighted by Crippen LogP contribution is -2.46. The molecule has 1 aromatic heterocycles. The van der Waals surface area contributed by atoms with Crippen molar-refractivity contribution in [1.82, 2.24) is 9.88 Å². The summed E-state index contributed by atoms with van der Waals surface area (Å²) in [4.78, 5) is 9.46. The van der Waals surface area contributed by atoms with Gasteiger partial charge < -0.3 is 14.1 Å². The van der Waals surface area contributed by atoms with E-state index in [1.54, 1.807) is 13.4 Å². The van der Waals surface area contributed by atoms with Crippen molar-refractivity contribution in [1.29, 1.82) is 0 Å². The van der Waals surface area contributed by atoms with Crippen molar-refractivity contribution in [3.05, 3.63) is 66.6 Å². The summed E-state index contributed by atoms with van der Waals surface area (Å²) in [6.07, 6.45) is 1.77. The molecule has 26 heavy (non-hydrogen) atoms. The zero-order valence-corrected chi connectivity index (χ0v) is 15.0. The van der Waals surface area contributed by atoms with Gasteiger partial charge in [0.25, 0.3) is 0 Å². The lowest BCUT2D eigenvalue weighted by Gasteiger charge is -2.35. The van der Waals surface area contributed by atoms with E-state index in [2.05, 4.69) is 26.9 Å². The first-order valence-electron chi connectivity index (χ1n) is 8.93. The van der Waals surface area contributed by atoms with Crippen molar-refractivity contribution >= 4 is 5.69 Å². The van der Waals surface area contributed by atoms with Crippen LogP contribution in [0.2, 0.25) is 0 Å². The molecule has 2 heterocycles. The molecule has 5 nitrogen and oxygen atoms in total. The van der Waals surface area contributed by atoms with Crippen LogP contribution in [0.5, 0.6) is 5.75 Å². The van der Waals surface area contributed by atoms with Gasteiger partial charge in [0.1, 0.15) is 12.0 Å². The van der Waals surface area contributed by atoms with E-state index in [-0.39, 0.29) is 0 Å². The minimum Gasteiger partial charge on any atom is -0.497 e. The average molecular weight is 349 g/mol. The Labute approximate surface area is 153 Å². The Morgan fingerprint density at radius 3 is 2.58 bits per heavy atom. The maximum Gasteiger partial charge on any atom is 0.226 e. The molecule has 0 amide bonds. The van der Waals surface area contributed by atoms with Crippen LogP contribution in [0.15, 0.2) is 65.3 Å². The third kappa shape index (κ3) is 3.73. The Kier molecular flexibility index (Phi) is 4.88. The smallest absolute Gasteiger partial charge is 0.226 e. The maximum atomic E-state index is 5.65. The number of rotatable bonds is 5. The standard InChI is InChI=1S/C21H23N3O2/c1-25-20-9-5-8-19(14-20)24-12-10-23(11-13-24)15-18-16-26-21(22-18)17-6-3-2-4-7-17/h2-9,14,16H,10-13,15H2,1H3. The van der Waals surface area contributed by atoms with Gasteiger partial charge in [-0.3, -0.25) is 4.90 Å². The highest BCUT2D eigenvalue weighted by Gasteiger charge is 2.19. The van der Waals surface area contributed by atoms with E-state index in [1.165, 1.54) is 5.69 Å². The molecule has 3 aromatic rings. The highest BCUT2D eigenvalue weighted by molar-refractivity contribution is 5.53. The molecule has 1 fully saturated rings. The summed E-state index contributed by atoms with van der Waals surface area (Å²) in [6.45, 7) is 4.82. The molecule has 0 unspecified atom stereocenters. The Hall–Kier alpha value is -2.79. The molecular formula is C21H23N3O2. The Morgan fingerprint density at radius 2 is 1.81 bits per heavy atom. The topological polar surface area (TPSA) is 41.7 Å². The van der Waals surface area contributed by atoms with Gasteiger partial charge in [0, 0.05) is 50.0 Å². The molecule has 1 saturated heterocycles. The monoisotopic (exact) mass is 349 g/mol. The summed E-state index contributed by atoms with van der Waals surface area (Å²) in [5.41, 5.74) is 3.22. The van der Waals surface area contributed by atoms with E-state index in [0.29, 0.717) is 5.89 Å². The predicted molar refractivity (Wildman–Crippen MR) is 102 cm³/mol. The van der Waals surface area contributed by atoms with Crippen LogP contribution in [0.4, 0.5) is 5.69 Å². The van der Waals surface area contributed by atoms with Crippen molar-refractivity contribution in [3.8, 4) is 17.2 Å². The number of nitrogens with zero attached hydrogens (tertiary/aromatic N) is 3. The quantitative estimate of drug-likeness (QED) is 0.703. The van der Waals surface area contributed by atoms with Crippen LogP contribution in [0.1, 0.15) is 5.69 Å². The van der Waals surface area contributed by atoms with Crippen LogP contribution < -0.4 is 9.64 Å². The molecule has 0 bridgehead atoms. The number of ether oxygens (including phenoxy) is 1. The Balaban J connectivity index is 1.35. The molecular weight excluding hydrogens is 326 g/mol. The van der Waals surface area contributed by atoms with Gasteiger partial charge >= 0.3 is 0 Å². The van der Waals surface area contributed by atoms with Crippen LogP contribution in [-0.2, 0) is 6.54 Å². The second-order valence-electron chi connectivity index (χ2n) is 6.47.